The van der Waals surface area contributed by atoms with Crippen molar-refractivity contribution < 1.29 is 72.7 Å². The number of carboxylic acid groups (broad SMARTS) is 1. The van der Waals surface area contributed by atoms with Gasteiger partial charge in [0.15, 0.2) is 0 Å². The van der Waals surface area contributed by atoms with E-state index < -0.39 is 29.6 Å². The summed E-state index contributed by atoms with van der Waals surface area (Å²) in [6.45, 7) is 0.248. The van der Waals surface area contributed by atoms with Gasteiger partial charge in [0, 0.05) is 0 Å². The Morgan fingerprint density at radius 3 is 2.70 bits per heavy atom. The van der Waals surface area contributed by atoms with Crippen molar-refractivity contribution in [3.63, 3.8) is 0 Å². The van der Waals surface area contributed by atoms with Gasteiger partial charge in [-0.05, 0) is 67.9 Å². The topological polar surface area (TPSA) is 110 Å². The van der Waals surface area contributed by atoms with Crippen molar-refractivity contribution >= 4 is 5.97 Å². The van der Waals surface area contributed by atoms with Gasteiger partial charge in [-0.25, -0.2) is 0 Å². The second kappa shape index (κ2) is 13.3. The van der Waals surface area contributed by atoms with E-state index in [2.05, 4.69) is 11.8 Å². The molecule has 33 heavy (non-hydrogen) atoms. The van der Waals surface area contributed by atoms with E-state index in [0.29, 0.717) is 24.7 Å². The van der Waals surface area contributed by atoms with Crippen LogP contribution in [0.1, 0.15) is 37.7 Å². The van der Waals surface area contributed by atoms with Gasteiger partial charge in [-0.3, -0.25) is 0 Å². The van der Waals surface area contributed by atoms with E-state index in [9.17, 15) is 28.2 Å². The van der Waals surface area contributed by atoms with Crippen LogP contribution in [0.3, 0.4) is 0 Å². The molecular weight excluding hydrogens is 452 g/mol. The molecule has 0 saturated heterocycles. The Hall–Kier alpha value is -1.58. The molecule has 0 radical (unpaired) electrons. The molecule has 1 saturated carbocycles. The van der Waals surface area contributed by atoms with E-state index in [1.165, 1.54) is 12.1 Å². The molecule has 10 heteroatoms. The molecule has 2 rings (SSSR count). The zero-order valence-electron chi connectivity index (χ0n) is 18.3. The van der Waals surface area contributed by atoms with Gasteiger partial charge in [0.1, 0.15) is 17.8 Å². The molecule has 1 fully saturated rings. The second-order valence-corrected chi connectivity index (χ2v) is 7.68. The van der Waals surface area contributed by atoms with Gasteiger partial charge in [0.25, 0.3) is 0 Å². The largest absolute Gasteiger partial charge is 1.00 e. The molecule has 3 N–H and O–H groups in total. The van der Waals surface area contributed by atoms with Crippen LogP contribution in [0.15, 0.2) is 54.3 Å². The molecule has 0 heterocycles. The summed E-state index contributed by atoms with van der Waals surface area (Å²) in [5.41, 5.74) is 1.82. The molecule has 3 atom stereocenters. The number of hydrogen-bond acceptors (Lipinski definition) is 6. The van der Waals surface area contributed by atoms with Crippen molar-refractivity contribution in [1.82, 2.24) is 0 Å². The fourth-order valence-corrected chi connectivity index (χ4v) is 3.51. The number of aliphatic hydroxyl groups is 3. The number of ether oxygens (including phenoxy) is 1. The number of carbonyl (C=O) groups excluding carboxylic acids is 1. The summed E-state index contributed by atoms with van der Waals surface area (Å²) < 4.78 is 43.6. The maximum atomic E-state index is 12.7. The molecule has 1 unspecified atom stereocenters. The number of aliphatic carboxylic acids is 1. The summed E-state index contributed by atoms with van der Waals surface area (Å²) in [5, 5.41) is 38.3. The standard InChI is InChI=1S/C23H27F3O6.Na/c24-23(25,26)18-11-6-12-19(15-18)32-14-4-3-8-17-10-5-9-16(17)7-1-2-13-20(27)22(30,31)21(28)29;/h1,3,6,8,11-13,15-17,20,27,30-31H,4-5,7,9-10,14H2,(H,28,29);/q;+1/p-1/b8-3+;/t2?,16-,17-,20?;/m0./s1. The van der Waals surface area contributed by atoms with Gasteiger partial charge in [-0.1, -0.05) is 24.6 Å². The monoisotopic (exact) mass is 478 g/mol. The number of hydrogen-bond donors (Lipinski definition) is 3. The maximum Gasteiger partial charge on any atom is 1.00 e. The Morgan fingerprint density at radius 2 is 2.03 bits per heavy atom. The van der Waals surface area contributed by atoms with Gasteiger partial charge in [0.2, 0.25) is 5.79 Å². The molecule has 1 aromatic carbocycles. The summed E-state index contributed by atoms with van der Waals surface area (Å²) in [6, 6.07) is 4.74. The first-order valence-electron chi connectivity index (χ1n) is 10.2. The third kappa shape index (κ3) is 9.29. The Kier molecular flexibility index (Phi) is 11.9. The Labute approximate surface area is 212 Å². The van der Waals surface area contributed by atoms with Crippen molar-refractivity contribution in [2.75, 3.05) is 6.61 Å². The molecule has 0 spiro atoms. The van der Waals surface area contributed by atoms with Crippen LogP contribution in [0, 0.1) is 11.8 Å². The van der Waals surface area contributed by atoms with Gasteiger partial charge in [-0.15, -0.1) is 5.73 Å². The Balaban J connectivity index is 0.00000544. The first-order chi connectivity index (χ1) is 15.0. The molecular formula is C23H26F3NaO6. The van der Waals surface area contributed by atoms with Crippen molar-refractivity contribution in [1.29, 1.82) is 0 Å². The van der Waals surface area contributed by atoms with Crippen LogP contribution < -0.4 is 39.4 Å². The molecule has 0 aromatic heterocycles. The smallest absolute Gasteiger partial charge is 0.544 e. The fraction of sp³-hybridized carbons (Fsp3) is 0.478. The van der Waals surface area contributed by atoms with E-state index in [4.69, 9.17) is 14.9 Å². The van der Waals surface area contributed by atoms with Crippen molar-refractivity contribution in [3.05, 3.63) is 59.9 Å². The van der Waals surface area contributed by atoms with Crippen LogP contribution in [0.5, 0.6) is 5.75 Å². The first kappa shape index (κ1) is 29.5. The average molecular weight is 478 g/mol. The quantitative estimate of drug-likeness (QED) is 0.136. The molecule has 0 bridgehead atoms. The third-order valence-corrected chi connectivity index (χ3v) is 5.32. The third-order valence-electron chi connectivity index (χ3n) is 5.32. The summed E-state index contributed by atoms with van der Waals surface area (Å²) in [7, 11) is 0. The van der Waals surface area contributed by atoms with E-state index in [1.54, 1.807) is 6.08 Å². The zero-order valence-corrected chi connectivity index (χ0v) is 20.3. The normalized spacial score (nSPS) is 19.5. The number of carboxylic acids is 1. The van der Waals surface area contributed by atoms with Crippen LogP contribution in [-0.4, -0.2) is 39.8 Å². The minimum atomic E-state index is -4.41. The number of alkyl halides is 3. The minimum Gasteiger partial charge on any atom is -0.544 e. The Bertz CT molecular complexity index is 862. The predicted molar refractivity (Wildman–Crippen MR) is 107 cm³/mol. The number of halogens is 3. The second-order valence-electron chi connectivity index (χ2n) is 7.68. The first-order valence-corrected chi connectivity index (χ1v) is 10.2. The number of aliphatic hydroxyl groups excluding tert-OH is 1. The van der Waals surface area contributed by atoms with Gasteiger partial charge in [0.05, 0.1) is 12.2 Å². The van der Waals surface area contributed by atoms with Gasteiger partial charge in [-0.2, -0.15) is 13.2 Å². The summed E-state index contributed by atoms with van der Waals surface area (Å²) in [5.74, 6) is -4.82. The summed E-state index contributed by atoms with van der Waals surface area (Å²) >= 11 is 0. The molecule has 0 aliphatic heterocycles. The molecule has 1 aliphatic rings. The number of carbonyl (C=O) groups is 1. The van der Waals surface area contributed by atoms with Crippen molar-refractivity contribution in [2.24, 2.45) is 11.8 Å². The zero-order chi connectivity index (χ0) is 23.8. The maximum absolute atomic E-state index is 12.7. The average Bonchev–Trinajstić information content (AvgIpc) is 3.17. The van der Waals surface area contributed by atoms with E-state index in [1.807, 2.05) is 6.08 Å². The van der Waals surface area contributed by atoms with E-state index in [0.717, 1.165) is 37.5 Å². The Morgan fingerprint density at radius 1 is 1.30 bits per heavy atom. The summed E-state index contributed by atoms with van der Waals surface area (Å²) in [4.78, 5) is 10.5. The summed E-state index contributed by atoms with van der Waals surface area (Å²) in [6.07, 6.45) is 4.09. The molecule has 176 valence electrons. The predicted octanol–water partition coefficient (Wildman–Crippen LogP) is -0.656. The molecule has 0 amide bonds. The van der Waals surface area contributed by atoms with Crippen LogP contribution in [0.25, 0.3) is 0 Å². The number of benzene rings is 1. The molecule has 1 aromatic rings. The van der Waals surface area contributed by atoms with Crippen molar-refractivity contribution in [3.8, 4) is 5.75 Å². The fourth-order valence-electron chi connectivity index (χ4n) is 3.51. The van der Waals surface area contributed by atoms with Gasteiger partial charge < -0.3 is 30.0 Å². The van der Waals surface area contributed by atoms with E-state index >= 15 is 0 Å². The van der Waals surface area contributed by atoms with Crippen LogP contribution in [-0.2, 0) is 11.0 Å². The van der Waals surface area contributed by atoms with Crippen LogP contribution in [0.2, 0.25) is 0 Å². The van der Waals surface area contributed by atoms with Crippen LogP contribution >= 0.6 is 0 Å². The molecule has 1 aliphatic carbocycles. The van der Waals surface area contributed by atoms with Crippen LogP contribution in [0.4, 0.5) is 13.2 Å². The van der Waals surface area contributed by atoms with Gasteiger partial charge >= 0.3 is 35.7 Å². The van der Waals surface area contributed by atoms with E-state index in [-0.39, 0.29) is 41.9 Å². The number of allylic oxidation sites excluding steroid dienone is 1. The minimum absolute atomic E-state index is 0. The SMILES string of the molecule is O=C([O-])C(O)(O)C(O)C=C=CC[C@H]1CCC[C@@H]1/C=C/CCOc1cccc(C(F)(F)F)c1.[Na+]. The molecule has 6 nitrogen and oxygen atoms in total. The number of rotatable bonds is 10. The van der Waals surface area contributed by atoms with Crippen molar-refractivity contribution in [2.45, 2.75) is 50.2 Å².